The minimum Gasteiger partial charge on any atom is -0.466 e. The average molecular weight is 264 g/mol. The molecule has 0 fully saturated rings. The minimum atomic E-state index is -0.412. The molecule has 0 bridgehead atoms. The molecule has 0 saturated carbocycles. The Hall–Kier alpha value is -1.84. The van der Waals surface area contributed by atoms with Crippen molar-refractivity contribution in [2.24, 2.45) is 0 Å². The molecule has 0 saturated heterocycles. The lowest BCUT2D eigenvalue weighted by Gasteiger charge is -2.15. The van der Waals surface area contributed by atoms with Gasteiger partial charge in [0.1, 0.15) is 0 Å². The van der Waals surface area contributed by atoms with E-state index in [0.717, 1.165) is 5.56 Å². The van der Waals surface area contributed by atoms with Gasteiger partial charge in [0.25, 0.3) is 0 Å². The largest absolute Gasteiger partial charge is 0.466 e. The van der Waals surface area contributed by atoms with Crippen LogP contribution in [0.2, 0.25) is 0 Å². The molecule has 104 valence electrons. The molecule has 0 aliphatic carbocycles. The normalized spacial score (nSPS) is 11.7. The zero-order chi connectivity index (χ0) is 14.1. The van der Waals surface area contributed by atoms with Gasteiger partial charge < -0.3 is 9.47 Å². The highest BCUT2D eigenvalue weighted by Gasteiger charge is 2.22. The summed E-state index contributed by atoms with van der Waals surface area (Å²) in [6.07, 6.45) is 0.619. The molecular formula is C15H20O4. The predicted octanol–water partition coefficient (Wildman–Crippen LogP) is 2.68. The second-order valence-corrected chi connectivity index (χ2v) is 4.06. The molecule has 0 aliphatic heterocycles. The second-order valence-electron chi connectivity index (χ2n) is 4.06. The van der Waals surface area contributed by atoms with Crippen LogP contribution in [0, 0.1) is 0 Å². The Bertz CT molecular complexity index is 400. The summed E-state index contributed by atoms with van der Waals surface area (Å²) >= 11 is 0. The maximum atomic E-state index is 11.9. The number of hydrogen-bond acceptors (Lipinski definition) is 4. The standard InChI is InChI=1S/C15H20O4/c1-3-18-14(16)11-10-13(15(17)19-4-2)12-8-6-5-7-9-12/h5-9,13H,3-4,10-11H2,1-2H3/t13-/m0/s1. The van der Waals surface area contributed by atoms with E-state index in [1.807, 2.05) is 30.3 Å². The van der Waals surface area contributed by atoms with E-state index in [0.29, 0.717) is 19.6 Å². The van der Waals surface area contributed by atoms with Gasteiger partial charge in [0.05, 0.1) is 19.1 Å². The Morgan fingerprint density at radius 1 is 1.05 bits per heavy atom. The summed E-state index contributed by atoms with van der Waals surface area (Å²) in [4.78, 5) is 23.3. The van der Waals surface area contributed by atoms with Crippen LogP contribution in [0.15, 0.2) is 30.3 Å². The van der Waals surface area contributed by atoms with Crippen LogP contribution < -0.4 is 0 Å². The molecule has 0 unspecified atom stereocenters. The van der Waals surface area contributed by atoms with E-state index in [-0.39, 0.29) is 18.4 Å². The Labute approximate surface area is 113 Å². The molecule has 1 atom stereocenters. The number of carbonyl (C=O) groups is 2. The highest BCUT2D eigenvalue weighted by molar-refractivity contribution is 5.79. The third-order valence-corrected chi connectivity index (χ3v) is 2.72. The summed E-state index contributed by atoms with van der Waals surface area (Å²) in [5.74, 6) is -0.990. The van der Waals surface area contributed by atoms with Gasteiger partial charge in [0.15, 0.2) is 0 Å². The summed E-state index contributed by atoms with van der Waals surface area (Å²) in [6.45, 7) is 4.22. The molecular weight excluding hydrogens is 244 g/mol. The fourth-order valence-corrected chi connectivity index (χ4v) is 1.84. The Morgan fingerprint density at radius 2 is 1.68 bits per heavy atom. The van der Waals surface area contributed by atoms with Crippen LogP contribution in [0.5, 0.6) is 0 Å². The van der Waals surface area contributed by atoms with Gasteiger partial charge in [0.2, 0.25) is 0 Å². The number of benzene rings is 1. The lowest BCUT2D eigenvalue weighted by atomic mass is 9.94. The van der Waals surface area contributed by atoms with E-state index in [4.69, 9.17) is 9.47 Å². The van der Waals surface area contributed by atoms with Crippen molar-refractivity contribution in [1.82, 2.24) is 0 Å². The predicted molar refractivity (Wildman–Crippen MR) is 71.7 cm³/mol. The maximum Gasteiger partial charge on any atom is 0.313 e. The number of esters is 2. The third-order valence-electron chi connectivity index (χ3n) is 2.72. The smallest absolute Gasteiger partial charge is 0.313 e. The summed E-state index contributed by atoms with van der Waals surface area (Å²) in [5, 5.41) is 0. The first kappa shape index (κ1) is 15.2. The number of hydrogen-bond donors (Lipinski definition) is 0. The van der Waals surface area contributed by atoms with Crippen LogP contribution in [0.4, 0.5) is 0 Å². The van der Waals surface area contributed by atoms with E-state index in [1.165, 1.54) is 0 Å². The summed E-state index contributed by atoms with van der Waals surface area (Å²) in [5.41, 5.74) is 0.866. The van der Waals surface area contributed by atoms with Gasteiger partial charge in [-0.25, -0.2) is 0 Å². The van der Waals surface area contributed by atoms with Gasteiger partial charge in [-0.15, -0.1) is 0 Å². The lowest BCUT2D eigenvalue weighted by Crippen LogP contribution is -2.18. The van der Waals surface area contributed by atoms with Gasteiger partial charge in [0, 0.05) is 6.42 Å². The highest BCUT2D eigenvalue weighted by Crippen LogP contribution is 2.23. The van der Waals surface area contributed by atoms with E-state index >= 15 is 0 Å². The lowest BCUT2D eigenvalue weighted by molar-refractivity contribution is -0.146. The van der Waals surface area contributed by atoms with Crippen LogP contribution in [-0.4, -0.2) is 25.2 Å². The van der Waals surface area contributed by atoms with Crippen molar-refractivity contribution in [2.45, 2.75) is 32.6 Å². The third kappa shape index (κ3) is 5.12. The van der Waals surface area contributed by atoms with Crippen molar-refractivity contribution in [1.29, 1.82) is 0 Å². The average Bonchev–Trinajstić information content (AvgIpc) is 2.41. The van der Waals surface area contributed by atoms with Crippen LogP contribution in [0.3, 0.4) is 0 Å². The highest BCUT2D eigenvalue weighted by atomic mass is 16.5. The molecule has 19 heavy (non-hydrogen) atoms. The summed E-state index contributed by atoms with van der Waals surface area (Å²) < 4.78 is 9.94. The minimum absolute atomic E-state index is 0.214. The van der Waals surface area contributed by atoms with Crippen molar-refractivity contribution in [3.05, 3.63) is 35.9 Å². The second kappa shape index (κ2) is 8.29. The first-order valence-electron chi connectivity index (χ1n) is 6.56. The maximum absolute atomic E-state index is 11.9. The van der Waals surface area contributed by atoms with Gasteiger partial charge in [-0.1, -0.05) is 30.3 Å². The first-order chi connectivity index (χ1) is 9.19. The van der Waals surface area contributed by atoms with Crippen LogP contribution in [0.1, 0.15) is 38.2 Å². The number of ether oxygens (including phenoxy) is 2. The Kier molecular flexibility index (Phi) is 6.64. The number of rotatable bonds is 7. The van der Waals surface area contributed by atoms with E-state index in [1.54, 1.807) is 13.8 Å². The van der Waals surface area contributed by atoms with Crippen LogP contribution in [-0.2, 0) is 19.1 Å². The van der Waals surface area contributed by atoms with Gasteiger partial charge in [-0.2, -0.15) is 0 Å². The summed E-state index contributed by atoms with van der Waals surface area (Å²) in [7, 11) is 0. The van der Waals surface area contributed by atoms with Crippen molar-refractivity contribution in [3.63, 3.8) is 0 Å². The molecule has 0 amide bonds. The SMILES string of the molecule is CCOC(=O)CC[C@H](C(=O)OCC)c1ccccc1. The molecule has 0 radical (unpaired) electrons. The monoisotopic (exact) mass is 264 g/mol. The molecule has 1 rings (SSSR count). The molecule has 0 heterocycles. The van der Waals surface area contributed by atoms with Gasteiger partial charge in [-0.05, 0) is 25.8 Å². The van der Waals surface area contributed by atoms with Crippen molar-refractivity contribution in [3.8, 4) is 0 Å². The van der Waals surface area contributed by atoms with Crippen molar-refractivity contribution in [2.75, 3.05) is 13.2 Å². The quantitative estimate of drug-likeness (QED) is 0.710. The zero-order valence-corrected chi connectivity index (χ0v) is 11.4. The molecule has 4 nitrogen and oxygen atoms in total. The topological polar surface area (TPSA) is 52.6 Å². The molecule has 1 aromatic carbocycles. The molecule has 1 aromatic rings. The Morgan fingerprint density at radius 3 is 2.26 bits per heavy atom. The van der Waals surface area contributed by atoms with E-state index in [9.17, 15) is 9.59 Å². The fourth-order valence-electron chi connectivity index (χ4n) is 1.84. The fraction of sp³-hybridized carbons (Fsp3) is 0.467. The van der Waals surface area contributed by atoms with Crippen LogP contribution >= 0.6 is 0 Å². The molecule has 0 N–H and O–H groups in total. The first-order valence-corrected chi connectivity index (χ1v) is 6.56. The van der Waals surface area contributed by atoms with Crippen molar-refractivity contribution >= 4 is 11.9 Å². The van der Waals surface area contributed by atoms with E-state index in [2.05, 4.69) is 0 Å². The molecule has 0 aliphatic rings. The van der Waals surface area contributed by atoms with E-state index < -0.39 is 5.92 Å². The van der Waals surface area contributed by atoms with Crippen molar-refractivity contribution < 1.29 is 19.1 Å². The number of carbonyl (C=O) groups excluding carboxylic acids is 2. The Balaban J connectivity index is 2.70. The zero-order valence-electron chi connectivity index (χ0n) is 11.4. The van der Waals surface area contributed by atoms with Gasteiger partial charge in [-0.3, -0.25) is 9.59 Å². The molecule has 4 heteroatoms. The van der Waals surface area contributed by atoms with Gasteiger partial charge >= 0.3 is 11.9 Å². The molecule has 0 spiro atoms. The summed E-state index contributed by atoms with van der Waals surface area (Å²) in [6, 6.07) is 9.36. The molecule has 0 aromatic heterocycles. The van der Waals surface area contributed by atoms with Crippen LogP contribution in [0.25, 0.3) is 0 Å².